The Labute approximate surface area is 868 Å². The molecule has 0 spiro atoms. The van der Waals surface area contributed by atoms with Gasteiger partial charge >= 0.3 is 23.9 Å². The van der Waals surface area contributed by atoms with E-state index in [0.29, 0.717) is 112 Å². The molecule has 0 N–H and O–H groups in total. The van der Waals surface area contributed by atoms with E-state index in [9.17, 15) is 28.8 Å². The maximum absolute atomic E-state index is 12.0. The third-order valence-corrected chi connectivity index (χ3v) is 28.6. The molecule has 0 aromatic rings. The van der Waals surface area contributed by atoms with E-state index in [2.05, 4.69) is 218 Å². The molecule has 8 fully saturated rings. The standard InChI is InChI=1S/2C16H31NO2.2C15H31NO.2C14H26O3.2C13H24O2.4CH4/c2*1-5-11-19-12-8-15(18)17-9-6-14(7-10-17)13-16(2,3)4;2*1-5-11-17-12-10-16-8-6-14(7-9-16)13-15(2,3)4;2*1-5-9-16-10-6-12(15)17-11-14(7-8-14)13(2,3)4;2*1-5-9-15-12(14)10-7-6-8-11(10)13(2,3)4;;;;/h2*14H,5-13H2,1-4H3;2*14H,5-13H2,1-4H3;2*5-11H2,1-4H3;2*10-11H,5-9H2,1-4H3;4*1H4. The van der Waals surface area contributed by atoms with Gasteiger partial charge in [-0.25, -0.2) is 0 Å². The summed E-state index contributed by atoms with van der Waals surface area (Å²) in [6, 6.07) is 0. The van der Waals surface area contributed by atoms with Gasteiger partial charge in [0.25, 0.3) is 0 Å². The molecule has 2 amide bonds. The fourth-order valence-corrected chi connectivity index (χ4v) is 20.2. The van der Waals surface area contributed by atoms with Crippen LogP contribution in [0.4, 0.5) is 0 Å². The summed E-state index contributed by atoms with van der Waals surface area (Å²) in [6.07, 6.45) is 36.9. The van der Waals surface area contributed by atoms with Crippen molar-refractivity contribution in [3.8, 4) is 0 Å². The quantitative estimate of drug-likeness (QED) is 0.0316. The van der Waals surface area contributed by atoms with E-state index in [1.165, 1.54) is 155 Å². The van der Waals surface area contributed by atoms with E-state index >= 15 is 0 Å². The number of esters is 4. The van der Waals surface area contributed by atoms with Crippen molar-refractivity contribution in [1.82, 2.24) is 19.6 Å². The van der Waals surface area contributed by atoms with Crippen LogP contribution >= 0.6 is 0 Å². The van der Waals surface area contributed by atoms with Crippen molar-refractivity contribution in [3.63, 3.8) is 0 Å². The maximum atomic E-state index is 12.0. The van der Waals surface area contributed by atoms with Crippen molar-refractivity contribution < 1.29 is 76.1 Å². The zero-order valence-corrected chi connectivity index (χ0v) is 95.4. The van der Waals surface area contributed by atoms with Crippen LogP contribution in [0.25, 0.3) is 0 Å². The number of hydrogen-bond acceptors (Lipinski definition) is 18. The van der Waals surface area contributed by atoms with Gasteiger partial charge in [-0.2, -0.15) is 0 Å². The van der Waals surface area contributed by atoms with Crippen LogP contribution in [0.2, 0.25) is 0 Å². The number of ether oxygens (including phenoxy) is 10. The van der Waals surface area contributed by atoms with Crippen LogP contribution in [-0.2, 0) is 76.1 Å². The van der Waals surface area contributed by atoms with Crippen molar-refractivity contribution in [2.24, 2.45) is 101 Å². The molecule has 20 nitrogen and oxygen atoms in total. The second kappa shape index (κ2) is 75.2. The van der Waals surface area contributed by atoms with Crippen LogP contribution in [0.15, 0.2) is 0 Å². The Bertz CT molecular complexity index is 2850. The lowest BCUT2D eigenvalue weighted by Crippen LogP contribution is -2.39. The van der Waals surface area contributed by atoms with Gasteiger partial charge in [-0.15, -0.1) is 0 Å². The van der Waals surface area contributed by atoms with Gasteiger partial charge in [0.05, 0.1) is 104 Å². The van der Waals surface area contributed by atoms with Crippen LogP contribution in [0.1, 0.15) is 470 Å². The predicted octanol–water partition coefficient (Wildman–Crippen LogP) is 29.8. The Kier molecular flexibility index (Phi) is 76.7. The summed E-state index contributed by atoms with van der Waals surface area (Å²) >= 11 is 0. The molecule has 4 atom stereocenters. The fourth-order valence-electron chi connectivity index (χ4n) is 20.2. The molecule has 4 unspecified atom stereocenters. The highest BCUT2D eigenvalue weighted by molar-refractivity contribution is 5.77. The lowest BCUT2D eigenvalue weighted by Gasteiger charge is -2.35. The molecule has 4 saturated heterocycles. The van der Waals surface area contributed by atoms with Gasteiger partial charge in [-0.3, -0.25) is 28.8 Å². The molecule has 4 saturated carbocycles. The van der Waals surface area contributed by atoms with Crippen molar-refractivity contribution in [3.05, 3.63) is 0 Å². The average molecular weight is 2000 g/mol. The Morgan fingerprint density at radius 1 is 0.271 bits per heavy atom. The summed E-state index contributed by atoms with van der Waals surface area (Å²) in [5.74, 6) is 5.13. The van der Waals surface area contributed by atoms with Crippen molar-refractivity contribution in [2.45, 2.75) is 470 Å². The predicted molar refractivity (Wildman–Crippen MR) is 593 cm³/mol. The summed E-state index contributed by atoms with van der Waals surface area (Å²) in [6.45, 7) is 93.5. The Balaban J connectivity index is -0.000000753. The molecule has 20 heteroatoms. The first-order valence-corrected chi connectivity index (χ1v) is 55.7. The Hall–Kier alpha value is -3.50. The van der Waals surface area contributed by atoms with E-state index in [0.717, 1.165) is 180 Å². The lowest BCUT2D eigenvalue weighted by molar-refractivity contribution is -0.152. The van der Waals surface area contributed by atoms with Crippen LogP contribution < -0.4 is 0 Å². The van der Waals surface area contributed by atoms with Crippen LogP contribution in [0.5, 0.6) is 0 Å². The number of carbonyl (C=O) groups excluding carboxylic acids is 6. The highest BCUT2D eigenvalue weighted by atomic mass is 16.6. The SMILES string of the molecule is C.C.C.C.CCCOC(=O)C1CCCC1C(C)(C)C.CCCOC(=O)C1CCCC1C(C)(C)C.CCCOCCC(=O)N1CCC(CC(C)(C)C)CC1.CCCOCCC(=O)N1CCC(CC(C)(C)C)CC1.CCCOCCC(=O)OCC1(C(C)(C)C)CC1.CCCOCCC(=O)OCC1(C(C)(C)C)CC1.CCCOCCN1CCC(CC(C)(C)C)CC1.CCCOCCN1CCC(CC(C)(C)C)CC1. The fraction of sp³-hybridized carbons (Fsp3) is 0.950. The monoisotopic (exact) mass is 1990 g/mol. The van der Waals surface area contributed by atoms with Gasteiger partial charge in [-0.05, 0) is 285 Å². The smallest absolute Gasteiger partial charge is 0.309 e. The van der Waals surface area contributed by atoms with Crippen molar-refractivity contribution >= 4 is 35.7 Å². The number of hydrogen-bond donors (Lipinski definition) is 0. The van der Waals surface area contributed by atoms with E-state index in [1.54, 1.807) is 0 Å². The first-order valence-electron chi connectivity index (χ1n) is 55.7. The maximum Gasteiger partial charge on any atom is 0.309 e. The van der Waals surface area contributed by atoms with Gasteiger partial charge in [0.2, 0.25) is 11.8 Å². The zero-order valence-electron chi connectivity index (χ0n) is 95.4. The third kappa shape index (κ3) is 67.5. The van der Waals surface area contributed by atoms with Crippen molar-refractivity contribution in [2.75, 3.05) is 171 Å². The molecule has 4 aliphatic heterocycles. The minimum absolute atomic E-state index is 0. The zero-order chi connectivity index (χ0) is 103. The van der Waals surface area contributed by atoms with Gasteiger partial charge in [0.1, 0.15) is 0 Å². The highest BCUT2D eigenvalue weighted by Crippen LogP contribution is 2.59. The summed E-state index contributed by atoms with van der Waals surface area (Å²) in [4.78, 5) is 79.9. The second-order valence-corrected chi connectivity index (χ2v) is 50.7. The summed E-state index contributed by atoms with van der Waals surface area (Å²) in [7, 11) is 0. The Morgan fingerprint density at radius 3 is 0.714 bits per heavy atom. The molecule has 0 bridgehead atoms. The molecule has 4 aliphatic carbocycles. The van der Waals surface area contributed by atoms with Crippen LogP contribution in [0, 0.1) is 101 Å². The van der Waals surface area contributed by atoms with E-state index in [-0.39, 0.29) is 110 Å². The highest BCUT2D eigenvalue weighted by Gasteiger charge is 2.54. The largest absolute Gasteiger partial charge is 0.465 e. The molecule has 836 valence electrons. The second-order valence-electron chi connectivity index (χ2n) is 50.7. The molecule has 0 aromatic carbocycles. The number of nitrogens with zero attached hydrogens (tertiary/aromatic N) is 4. The molecule has 140 heavy (non-hydrogen) atoms. The summed E-state index contributed by atoms with van der Waals surface area (Å²) in [5.41, 5.74) is 3.18. The first kappa shape index (κ1) is 143. The minimum Gasteiger partial charge on any atom is -0.465 e. The molecule has 8 rings (SSSR count). The normalized spacial score (nSPS) is 19.7. The summed E-state index contributed by atoms with van der Waals surface area (Å²) < 4.78 is 53.6. The van der Waals surface area contributed by atoms with Gasteiger partial charge in [-0.1, -0.05) is 264 Å². The van der Waals surface area contributed by atoms with Gasteiger partial charge in [0, 0.05) is 89.7 Å². The Morgan fingerprint density at radius 2 is 0.500 bits per heavy atom. The molecular formula is C120H240N4O16. The number of rotatable bonds is 44. The molecule has 0 radical (unpaired) electrons. The molecule has 4 heterocycles. The van der Waals surface area contributed by atoms with Crippen LogP contribution in [-0.4, -0.2) is 226 Å². The van der Waals surface area contributed by atoms with E-state index in [1.807, 2.05) is 23.6 Å². The average Bonchev–Trinajstić information content (AvgIpc) is 1.61. The van der Waals surface area contributed by atoms with E-state index < -0.39 is 0 Å². The number of amides is 2. The third-order valence-electron chi connectivity index (χ3n) is 28.6. The van der Waals surface area contributed by atoms with Crippen molar-refractivity contribution in [1.29, 1.82) is 0 Å². The summed E-state index contributed by atoms with van der Waals surface area (Å²) in [5, 5.41) is 0. The minimum atomic E-state index is -0.128. The molecule has 8 aliphatic rings. The molecule has 0 aromatic heterocycles. The number of piperidine rings is 4. The number of likely N-dealkylation sites (tertiary alicyclic amines) is 4. The van der Waals surface area contributed by atoms with Gasteiger partial charge in [0.15, 0.2) is 0 Å². The lowest BCUT2D eigenvalue weighted by atomic mass is 9.75. The van der Waals surface area contributed by atoms with Crippen LogP contribution in [0.3, 0.4) is 0 Å². The number of carbonyl (C=O) groups is 6. The first-order chi connectivity index (χ1) is 63.6. The van der Waals surface area contributed by atoms with E-state index in [4.69, 9.17) is 47.4 Å². The van der Waals surface area contributed by atoms with Gasteiger partial charge < -0.3 is 67.0 Å². The molecular weight excluding hydrogens is 1750 g/mol. The topological polar surface area (TPSA) is 208 Å².